The SMILES string of the molecule is COCc1cc(-c2cc(N)c(Cl)c(OC(=O)O)n2)ccc1Cl. The second kappa shape index (κ2) is 6.83. The number of nitrogen functional groups attached to an aromatic ring is 1. The van der Waals surface area contributed by atoms with Crippen LogP contribution in [0.1, 0.15) is 5.56 Å². The van der Waals surface area contributed by atoms with E-state index in [1.54, 1.807) is 25.3 Å². The third-order valence-corrected chi connectivity index (χ3v) is 3.53. The van der Waals surface area contributed by atoms with Crippen LogP contribution in [0.5, 0.6) is 5.88 Å². The van der Waals surface area contributed by atoms with Crippen LogP contribution >= 0.6 is 23.2 Å². The monoisotopic (exact) mass is 342 g/mol. The van der Waals surface area contributed by atoms with Crippen LogP contribution in [0.25, 0.3) is 11.3 Å². The fraction of sp³-hybridized carbons (Fsp3) is 0.143. The maximum absolute atomic E-state index is 10.7. The molecule has 0 saturated heterocycles. The number of pyridine rings is 1. The Morgan fingerprint density at radius 2 is 2.09 bits per heavy atom. The normalized spacial score (nSPS) is 10.5. The zero-order valence-corrected chi connectivity index (χ0v) is 13.0. The molecular weight excluding hydrogens is 331 g/mol. The second-order valence-corrected chi connectivity index (χ2v) is 5.11. The smallest absolute Gasteiger partial charge is 0.449 e. The molecule has 2 aromatic rings. The highest BCUT2D eigenvalue weighted by Crippen LogP contribution is 2.34. The molecule has 8 heteroatoms. The summed E-state index contributed by atoms with van der Waals surface area (Å²) in [6.45, 7) is 0.328. The van der Waals surface area contributed by atoms with E-state index in [9.17, 15) is 4.79 Å². The van der Waals surface area contributed by atoms with Crippen LogP contribution in [0.15, 0.2) is 24.3 Å². The Labute approximate surface area is 136 Å². The molecule has 0 radical (unpaired) electrons. The fourth-order valence-electron chi connectivity index (χ4n) is 1.82. The van der Waals surface area contributed by atoms with E-state index in [0.717, 1.165) is 5.56 Å². The fourth-order valence-corrected chi connectivity index (χ4v) is 2.13. The molecule has 116 valence electrons. The molecule has 0 aliphatic carbocycles. The quantitative estimate of drug-likeness (QED) is 0.819. The minimum Gasteiger partial charge on any atom is -0.449 e. The molecule has 6 nitrogen and oxygen atoms in total. The molecule has 1 aromatic heterocycles. The molecule has 3 N–H and O–H groups in total. The number of halogens is 2. The summed E-state index contributed by atoms with van der Waals surface area (Å²) in [6.07, 6.45) is -1.53. The first-order valence-corrected chi connectivity index (χ1v) is 6.82. The van der Waals surface area contributed by atoms with E-state index in [-0.39, 0.29) is 16.6 Å². The Bertz CT molecular complexity index is 722. The number of hydrogen-bond donors (Lipinski definition) is 2. The van der Waals surface area contributed by atoms with E-state index in [1.807, 2.05) is 0 Å². The first kappa shape index (κ1) is 16.4. The van der Waals surface area contributed by atoms with Crippen molar-refractivity contribution in [2.24, 2.45) is 0 Å². The van der Waals surface area contributed by atoms with E-state index in [1.165, 1.54) is 6.07 Å². The van der Waals surface area contributed by atoms with Crippen molar-refractivity contribution in [3.8, 4) is 17.1 Å². The van der Waals surface area contributed by atoms with E-state index in [2.05, 4.69) is 9.72 Å². The third-order valence-electron chi connectivity index (χ3n) is 2.78. The van der Waals surface area contributed by atoms with E-state index in [0.29, 0.717) is 22.9 Å². The molecule has 0 fully saturated rings. The number of aromatic nitrogens is 1. The van der Waals surface area contributed by atoms with Crippen molar-refractivity contribution in [3.05, 3.63) is 39.9 Å². The molecule has 0 aliphatic heterocycles. The molecule has 0 saturated carbocycles. The number of anilines is 1. The highest BCUT2D eigenvalue weighted by atomic mass is 35.5. The van der Waals surface area contributed by atoms with Crippen molar-refractivity contribution in [1.82, 2.24) is 4.98 Å². The van der Waals surface area contributed by atoms with E-state index >= 15 is 0 Å². The Morgan fingerprint density at radius 1 is 1.36 bits per heavy atom. The minimum atomic E-state index is -1.53. The number of methoxy groups -OCH3 is 1. The largest absolute Gasteiger partial charge is 0.512 e. The average Bonchev–Trinajstić information content (AvgIpc) is 2.45. The number of nitrogens with two attached hydrogens (primary N) is 1. The number of carbonyl (C=O) groups is 1. The molecule has 0 bridgehead atoms. The van der Waals surface area contributed by atoms with Gasteiger partial charge in [-0.2, -0.15) is 0 Å². The van der Waals surface area contributed by atoms with Gasteiger partial charge in [-0.3, -0.25) is 0 Å². The number of benzene rings is 1. The van der Waals surface area contributed by atoms with Crippen molar-refractivity contribution < 1.29 is 19.4 Å². The lowest BCUT2D eigenvalue weighted by Gasteiger charge is -2.10. The predicted molar refractivity (Wildman–Crippen MR) is 83.5 cm³/mol. The van der Waals surface area contributed by atoms with Gasteiger partial charge in [-0.05, 0) is 23.8 Å². The molecule has 0 unspecified atom stereocenters. The van der Waals surface area contributed by atoms with Crippen molar-refractivity contribution in [3.63, 3.8) is 0 Å². The summed E-state index contributed by atoms with van der Waals surface area (Å²) in [4.78, 5) is 14.7. The van der Waals surface area contributed by atoms with Crippen LogP contribution in [-0.2, 0) is 11.3 Å². The van der Waals surface area contributed by atoms with Gasteiger partial charge in [0.2, 0.25) is 5.88 Å². The first-order chi connectivity index (χ1) is 10.4. The van der Waals surface area contributed by atoms with Crippen molar-refractivity contribution in [2.45, 2.75) is 6.61 Å². The predicted octanol–water partition coefficient (Wildman–Crippen LogP) is 3.84. The third kappa shape index (κ3) is 3.59. The molecule has 0 atom stereocenters. The zero-order valence-electron chi connectivity index (χ0n) is 11.5. The zero-order chi connectivity index (χ0) is 16.3. The number of hydrogen-bond acceptors (Lipinski definition) is 5. The van der Waals surface area contributed by atoms with E-state index < -0.39 is 6.16 Å². The van der Waals surface area contributed by atoms with Gasteiger partial charge in [0.25, 0.3) is 0 Å². The van der Waals surface area contributed by atoms with Crippen LogP contribution in [-0.4, -0.2) is 23.4 Å². The maximum atomic E-state index is 10.7. The lowest BCUT2D eigenvalue weighted by molar-refractivity contribution is 0.142. The van der Waals surface area contributed by atoms with Crippen molar-refractivity contribution in [2.75, 3.05) is 12.8 Å². The average molecular weight is 343 g/mol. The van der Waals surface area contributed by atoms with Gasteiger partial charge in [-0.15, -0.1) is 0 Å². The van der Waals surface area contributed by atoms with Gasteiger partial charge in [-0.1, -0.05) is 29.3 Å². The lowest BCUT2D eigenvalue weighted by atomic mass is 10.1. The molecule has 1 aromatic carbocycles. The van der Waals surface area contributed by atoms with Crippen LogP contribution in [0, 0.1) is 0 Å². The minimum absolute atomic E-state index is 0.0581. The Kier molecular flexibility index (Phi) is 5.07. The molecule has 0 aliphatic rings. The first-order valence-electron chi connectivity index (χ1n) is 6.07. The Hall–Kier alpha value is -2.02. The lowest BCUT2D eigenvalue weighted by Crippen LogP contribution is -2.06. The highest BCUT2D eigenvalue weighted by molar-refractivity contribution is 6.34. The van der Waals surface area contributed by atoms with E-state index in [4.69, 9.17) is 38.8 Å². The summed E-state index contributed by atoms with van der Waals surface area (Å²) in [7, 11) is 1.56. The van der Waals surface area contributed by atoms with Gasteiger partial charge in [-0.25, -0.2) is 9.78 Å². The van der Waals surface area contributed by atoms with Gasteiger partial charge in [0.05, 0.1) is 18.0 Å². The standard InChI is InChI=1S/C14H12Cl2N2O4/c1-21-6-8-4-7(2-3-9(8)15)11-5-10(17)12(16)13(18-11)22-14(19)20/h2-5H,6H2,1H3,(H2,17,18)(H,19,20). The van der Waals surface area contributed by atoms with Gasteiger partial charge in [0.15, 0.2) is 0 Å². The Balaban J connectivity index is 2.50. The summed E-state index contributed by atoms with van der Waals surface area (Å²) in [5.74, 6) is -0.271. The number of nitrogens with zero attached hydrogens (tertiary/aromatic N) is 1. The van der Waals surface area contributed by atoms with Crippen LogP contribution < -0.4 is 10.5 Å². The highest BCUT2D eigenvalue weighted by Gasteiger charge is 2.15. The van der Waals surface area contributed by atoms with Crippen LogP contribution in [0.3, 0.4) is 0 Å². The van der Waals surface area contributed by atoms with Gasteiger partial charge in [0.1, 0.15) is 5.02 Å². The summed E-state index contributed by atoms with van der Waals surface area (Å²) in [6, 6.07) is 6.71. The van der Waals surface area contributed by atoms with Gasteiger partial charge in [0, 0.05) is 17.7 Å². The van der Waals surface area contributed by atoms with Gasteiger partial charge >= 0.3 is 6.16 Å². The molecule has 1 heterocycles. The molecular formula is C14H12Cl2N2O4. The van der Waals surface area contributed by atoms with Crippen LogP contribution in [0.2, 0.25) is 10.0 Å². The summed E-state index contributed by atoms with van der Waals surface area (Å²) in [5.41, 5.74) is 7.77. The van der Waals surface area contributed by atoms with Crippen molar-refractivity contribution >= 4 is 35.0 Å². The summed E-state index contributed by atoms with van der Waals surface area (Å²) in [5, 5.41) is 9.19. The molecule has 0 spiro atoms. The number of ether oxygens (including phenoxy) is 2. The van der Waals surface area contributed by atoms with Crippen molar-refractivity contribution in [1.29, 1.82) is 0 Å². The molecule has 0 amide bonds. The molecule has 2 rings (SSSR count). The maximum Gasteiger partial charge on any atom is 0.512 e. The molecule has 22 heavy (non-hydrogen) atoms. The Morgan fingerprint density at radius 3 is 2.73 bits per heavy atom. The topological polar surface area (TPSA) is 94.7 Å². The number of rotatable bonds is 4. The second-order valence-electron chi connectivity index (χ2n) is 4.32. The summed E-state index contributed by atoms with van der Waals surface area (Å²) >= 11 is 12.0. The number of carboxylic acid groups (broad SMARTS) is 1. The van der Waals surface area contributed by atoms with Crippen LogP contribution in [0.4, 0.5) is 10.5 Å². The van der Waals surface area contributed by atoms with Gasteiger partial charge < -0.3 is 20.3 Å². The summed E-state index contributed by atoms with van der Waals surface area (Å²) < 4.78 is 9.60.